The minimum absolute atomic E-state index is 0.923. The van der Waals surface area contributed by atoms with Crippen molar-refractivity contribution in [2.24, 2.45) is 0 Å². The van der Waals surface area contributed by atoms with Crippen LogP contribution in [0.5, 0.6) is 0 Å². The van der Waals surface area contributed by atoms with E-state index >= 15 is 0 Å². The quantitative estimate of drug-likeness (QED) is 0.275. The maximum absolute atomic E-state index is 6.54. The van der Waals surface area contributed by atoms with Gasteiger partial charge in [0, 0.05) is 33.8 Å². The van der Waals surface area contributed by atoms with Crippen LogP contribution in [0.1, 0.15) is 5.56 Å². The van der Waals surface area contributed by atoms with Crippen LogP contribution in [-0.4, -0.2) is 4.98 Å². The van der Waals surface area contributed by atoms with Gasteiger partial charge in [0.25, 0.3) is 0 Å². The van der Waals surface area contributed by atoms with Crippen LogP contribution in [0.25, 0.3) is 55.8 Å². The number of aryl methyl sites for hydroxylation is 1. The van der Waals surface area contributed by atoms with Gasteiger partial charge in [-0.15, -0.1) is 0 Å². The summed E-state index contributed by atoms with van der Waals surface area (Å²) in [5.74, 6) is 0.923. The average molecular weight is 438 g/mol. The zero-order chi connectivity index (χ0) is 22.9. The summed E-state index contributed by atoms with van der Waals surface area (Å²) in [6.45, 7) is 2.15. The fourth-order valence-electron chi connectivity index (χ4n) is 4.57. The number of fused-ring (bicyclic) bond motifs is 1. The Morgan fingerprint density at radius 2 is 1.24 bits per heavy atom. The molecule has 2 heterocycles. The van der Waals surface area contributed by atoms with Gasteiger partial charge in [0.1, 0.15) is 11.3 Å². The number of nitrogens with zero attached hydrogens (tertiary/aromatic N) is 1. The van der Waals surface area contributed by atoms with Gasteiger partial charge in [0.15, 0.2) is 0 Å². The van der Waals surface area contributed by atoms with Gasteiger partial charge in [-0.2, -0.15) is 0 Å². The zero-order valence-electron chi connectivity index (χ0n) is 18.9. The monoisotopic (exact) mass is 437 g/mol. The predicted octanol–water partition coefficient (Wildman–Crippen LogP) is 8.80. The molecule has 6 rings (SSSR count). The molecular weight excluding hydrogens is 414 g/mol. The van der Waals surface area contributed by atoms with Gasteiger partial charge >= 0.3 is 0 Å². The molecule has 0 saturated heterocycles. The number of hydrogen-bond acceptors (Lipinski definition) is 2. The lowest BCUT2D eigenvalue weighted by atomic mass is 9.94. The second-order valence-electron chi connectivity index (χ2n) is 8.48. The van der Waals surface area contributed by atoms with Crippen LogP contribution in [0.2, 0.25) is 0 Å². The van der Waals surface area contributed by atoms with E-state index in [2.05, 4.69) is 96.8 Å². The van der Waals surface area contributed by atoms with Crippen molar-refractivity contribution in [2.45, 2.75) is 6.92 Å². The van der Waals surface area contributed by atoms with Crippen molar-refractivity contribution >= 4 is 11.0 Å². The molecule has 0 aliphatic heterocycles. The normalized spacial score (nSPS) is 11.1. The molecule has 0 amide bonds. The Labute approximate surface area is 199 Å². The van der Waals surface area contributed by atoms with Crippen molar-refractivity contribution in [1.29, 1.82) is 0 Å². The van der Waals surface area contributed by atoms with Crippen molar-refractivity contribution in [3.05, 3.63) is 127 Å². The summed E-state index contributed by atoms with van der Waals surface area (Å²) >= 11 is 0. The Hall–Kier alpha value is -4.43. The van der Waals surface area contributed by atoms with Gasteiger partial charge in [0.05, 0.1) is 5.69 Å². The molecular formula is C32H23NO. The molecule has 0 saturated carbocycles. The van der Waals surface area contributed by atoms with Crippen LogP contribution in [0.15, 0.2) is 126 Å². The van der Waals surface area contributed by atoms with E-state index in [4.69, 9.17) is 4.42 Å². The average Bonchev–Trinajstić information content (AvgIpc) is 3.26. The van der Waals surface area contributed by atoms with Crippen LogP contribution in [0.3, 0.4) is 0 Å². The second kappa shape index (κ2) is 8.49. The van der Waals surface area contributed by atoms with Crippen LogP contribution in [-0.2, 0) is 0 Å². The third-order valence-electron chi connectivity index (χ3n) is 6.31. The smallest absolute Gasteiger partial charge is 0.142 e. The molecule has 0 atom stereocenters. The first-order valence-electron chi connectivity index (χ1n) is 11.5. The first kappa shape index (κ1) is 20.2. The maximum atomic E-state index is 6.54. The summed E-state index contributed by atoms with van der Waals surface area (Å²) < 4.78 is 6.54. The number of aromatic nitrogens is 1. The zero-order valence-corrected chi connectivity index (χ0v) is 18.9. The van der Waals surface area contributed by atoms with E-state index in [9.17, 15) is 0 Å². The maximum Gasteiger partial charge on any atom is 0.142 e. The summed E-state index contributed by atoms with van der Waals surface area (Å²) in [5.41, 5.74) is 9.80. The van der Waals surface area contributed by atoms with E-state index in [0.29, 0.717) is 0 Å². The van der Waals surface area contributed by atoms with Gasteiger partial charge in [-0.25, -0.2) is 0 Å². The Morgan fingerprint density at radius 3 is 1.97 bits per heavy atom. The molecule has 0 aliphatic carbocycles. The van der Waals surface area contributed by atoms with Crippen LogP contribution >= 0.6 is 0 Å². The highest BCUT2D eigenvalue weighted by Gasteiger charge is 2.18. The number of furan rings is 1. The van der Waals surface area contributed by atoms with Crippen LogP contribution < -0.4 is 0 Å². The molecule has 4 aromatic carbocycles. The molecule has 0 radical (unpaired) electrons. The highest BCUT2D eigenvalue weighted by atomic mass is 16.3. The largest absolute Gasteiger partial charge is 0.455 e. The van der Waals surface area contributed by atoms with Gasteiger partial charge in [0.2, 0.25) is 0 Å². The van der Waals surface area contributed by atoms with Gasteiger partial charge in [-0.1, -0.05) is 84.9 Å². The topological polar surface area (TPSA) is 26.0 Å². The minimum Gasteiger partial charge on any atom is -0.455 e. The van der Waals surface area contributed by atoms with Crippen molar-refractivity contribution in [3.63, 3.8) is 0 Å². The number of benzene rings is 4. The van der Waals surface area contributed by atoms with E-state index in [1.165, 1.54) is 0 Å². The summed E-state index contributed by atoms with van der Waals surface area (Å²) in [7, 11) is 0. The lowest BCUT2D eigenvalue weighted by Gasteiger charge is -2.10. The van der Waals surface area contributed by atoms with Gasteiger partial charge in [-0.3, -0.25) is 4.98 Å². The van der Waals surface area contributed by atoms with E-state index in [0.717, 1.165) is 61.4 Å². The fraction of sp³-hybridized carbons (Fsp3) is 0.0312. The lowest BCUT2D eigenvalue weighted by Crippen LogP contribution is -1.86. The molecule has 0 fully saturated rings. The van der Waals surface area contributed by atoms with Crippen molar-refractivity contribution in [2.75, 3.05) is 0 Å². The molecule has 2 nitrogen and oxygen atoms in total. The molecule has 0 bridgehead atoms. The fourth-order valence-corrected chi connectivity index (χ4v) is 4.57. The van der Waals surface area contributed by atoms with Gasteiger partial charge in [-0.05, 0) is 53.9 Å². The van der Waals surface area contributed by atoms with Crippen molar-refractivity contribution in [3.8, 4) is 44.8 Å². The molecule has 0 N–H and O–H groups in total. The first-order chi connectivity index (χ1) is 16.8. The van der Waals surface area contributed by atoms with E-state index in [1.54, 1.807) is 0 Å². The van der Waals surface area contributed by atoms with E-state index in [1.807, 2.05) is 36.5 Å². The minimum atomic E-state index is 0.923. The highest BCUT2D eigenvalue weighted by Crippen LogP contribution is 2.41. The standard InChI is InChI=1S/C32H23NO/c1-22-28-20-27(25-15-10-16-26(19-25)30-17-8-9-18-33-30)21-29(23-11-4-2-5-12-23)32(28)34-31(22)24-13-6-3-7-14-24/h2-21H,1H3. The number of rotatable bonds is 4. The summed E-state index contributed by atoms with van der Waals surface area (Å²) in [6.07, 6.45) is 1.83. The Balaban J connectivity index is 1.59. The molecule has 2 aromatic heterocycles. The second-order valence-corrected chi connectivity index (χ2v) is 8.48. The predicted molar refractivity (Wildman–Crippen MR) is 140 cm³/mol. The first-order valence-corrected chi connectivity index (χ1v) is 11.5. The van der Waals surface area contributed by atoms with Crippen LogP contribution in [0, 0.1) is 6.92 Å². The summed E-state index contributed by atoms with van der Waals surface area (Å²) in [6, 6.07) is 39.9. The third-order valence-corrected chi connectivity index (χ3v) is 6.31. The molecule has 34 heavy (non-hydrogen) atoms. The summed E-state index contributed by atoms with van der Waals surface area (Å²) in [4.78, 5) is 4.53. The number of hydrogen-bond donors (Lipinski definition) is 0. The molecule has 0 unspecified atom stereocenters. The molecule has 0 aliphatic rings. The van der Waals surface area contributed by atoms with Crippen molar-refractivity contribution in [1.82, 2.24) is 4.98 Å². The molecule has 2 heteroatoms. The summed E-state index contributed by atoms with van der Waals surface area (Å²) in [5, 5.41) is 1.14. The lowest BCUT2D eigenvalue weighted by molar-refractivity contribution is 0.630. The van der Waals surface area contributed by atoms with Gasteiger partial charge < -0.3 is 4.42 Å². The Kier molecular flexibility index (Phi) is 5.04. The van der Waals surface area contributed by atoms with Crippen molar-refractivity contribution < 1.29 is 4.42 Å². The molecule has 162 valence electrons. The molecule has 0 spiro atoms. The number of pyridine rings is 1. The Morgan fingerprint density at radius 1 is 0.559 bits per heavy atom. The Bertz CT molecular complexity index is 1580. The van der Waals surface area contributed by atoms with E-state index < -0.39 is 0 Å². The SMILES string of the molecule is Cc1c(-c2ccccc2)oc2c(-c3ccccc3)cc(-c3cccc(-c4ccccn4)c3)cc12. The third kappa shape index (κ3) is 3.60. The van der Waals surface area contributed by atoms with E-state index in [-0.39, 0.29) is 0 Å². The van der Waals surface area contributed by atoms with Crippen LogP contribution in [0.4, 0.5) is 0 Å². The highest BCUT2D eigenvalue weighted by molar-refractivity contribution is 6.01. The molecule has 6 aromatic rings.